The van der Waals surface area contributed by atoms with Gasteiger partial charge in [0.2, 0.25) is 5.91 Å². The van der Waals surface area contributed by atoms with Crippen LogP contribution in [0, 0.1) is 5.92 Å². The van der Waals surface area contributed by atoms with Crippen LogP contribution in [0.1, 0.15) is 29.6 Å². The average molecular weight is 476 g/mol. The van der Waals surface area contributed by atoms with Gasteiger partial charge in [0.15, 0.2) is 0 Å². The average Bonchev–Trinajstić information content (AvgIpc) is 3.28. The highest BCUT2D eigenvalue weighted by molar-refractivity contribution is 9.10. The quantitative estimate of drug-likeness (QED) is 0.534. The number of hydrazine groups is 1. The van der Waals surface area contributed by atoms with Crippen molar-refractivity contribution < 1.29 is 19.4 Å². The van der Waals surface area contributed by atoms with Crippen molar-refractivity contribution in [3.05, 3.63) is 58.1 Å². The number of phenolic OH excluding ortho intramolecular Hbond substituents is 1. The number of amides is 1. The van der Waals surface area contributed by atoms with Crippen LogP contribution in [0.15, 0.2) is 46.9 Å². The lowest BCUT2D eigenvalue weighted by atomic mass is 9.83. The van der Waals surface area contributed by atoms with Crippen LogP contribution in [-0.2, 0) is 9.53 Å². The van der Waals surface area contributed by atoms with Gasteiger partial charge in [0.25, 0.3) is 0 Å². The fraction of sp³-hybridized carbons (Fsp3) is 0.409. The number of aromatic hydroxyl groups is 1. The molecule has 2 saturated heterocycles. The Morgan fingerprint density at radius 3 is 2.60 bits per heavy atom. The minimum absolute atomic E-state index is 0.0357. The van der Waals surface area contributed by atoms with E-state index in [-0.39, 0.29) is 29.7 Å². The first-order valence-electron chi connectivity index (χ1n) is 9.98. The van der Waals surface area contributed by atoms with Gasteiger partial charge in [-0.2, -0.15) is 0 Å². The smallest absolute Gasteiger partial charge is 0.242 e. The summed E-state index contributed by atoms with van der Waals surface area (Å²) < 4.78 is 11.8. The molecule has 4 rings (SSSR count). The number of fused-ring (bicyclic) bond motifs is 1. The molecule has 0 bridgehead atoms. The Morgan fingerprint density at radius 1 is 1.10 bits per heavy atom. The molecule has 0 radical (unpaired) electrons. The highest BCUT2D eigenvalue weighted by Gasteiger charge is 2.56. The standard InChI is InChI=1S/C22H26BrN3O4/c1-29-11-5-10-26-21(15-12-13(23)8-9-17(15)30-2)18-19(24-25-20(18)22(26)28)14-6-3-4-7-16(14)27/h3-4,6-9,12,18-21,24-25,27H,5,10-11H2,1-2H3. The van der Waals surface area contributed by atoms with Crippen molar-refractivity contribution >= 4 is 21.8 Å². The predicted molar refractivity (Wildman–Crippen MR) is 116 cm³/mol. The van der Waals surface area contributed by atoms with E-state index in [1.54, 1.807) is 26.4 Å². The summed E-state index contributed by atoms with van der Waals surface area (Å²) in [5.41, 5.74) is 8.14. The van der Waals surface area contributed by atoms with E-state index in [0.717, 1.165) is 27.8 Å². The number of rotatable bonds is 7. The van der Waals surface area contributed by atoms with E-state index in [2.05, 4.69) is 26.8 Å². The molecule has 0 spiro atoms. The Balaban J connectivity index is 1.79. The molecule has 4 atom stereocenters. The summed E-state index contributed by atoms with van der Waals surface area (Å²) in [4.78, 5) is 15.3. The highest BCUT2D eigenvalue weighted by Crippen LogP contribution is 2.50. The second-order valence-corrected chi connectivity index (χ2v) is 8.50. The first-order valence-corrected chi connectivity index (χ1v) is 10.8. The van der Waals surface area contributed by atoms with Crippen molar-refractivity contribution in [2.75, 3.05) is 27.4 Å². The molecule has 4 unspecified atom stereocenters. The minimum atomic E-state index is -0.397. The number of halogens is 1. The van der Waals surface area contributed by atoms with Crippen molar-refractivity contribution in [1.29, 1.82) is 0 Å². The van der Waals surface area contributed by atoms with E-state index in [1.165, 1.54) is 0 Å². The fourth-order valence-electron chi connectivity index (χ4n) is 4.65. The van der Waals surface area contributed by atoms with Gasteiger partial charge in [-0.1, -0.05) is 34.1 Å². The molecule has 2 heterocycles. The zero-order valence-corrected chi connectivity index (χ0v) is 18.6. The molecule has 160 valence electrons. The molecule has 30 heavy (non-hydrogen) atoms. The molecule has 7 nitrogen and oxygen atoms in total. The Hall–Kier alpha value is -2.13. The largest absolute Gasteiger partial charge is 0.508 e. The van der Waals surface area contributed by atoms with Crippen molar-refractivity contribution in [1.82, 2.24) is 15.8 Å². The third-order valence-corrected chi connectivity index (χ3v) is 6.44. The number of benzene rings is 2. The van der Waals surface area contributed by atoms with Gasteiger partial charge in [-0.25, -0.2) is 10.9 Å². The van der Waals surface area contributed by atoms with E-state index in [0.29, 0.717) is 13.2 Å². The number of nitrogens with zero attached hydrogens (tertiary/aromatic N) is 1. The number of ether oxygens (including phenoxy) is 2. The summed E-state index contributed by atoms with van der Waals surface area (Å²) in [6.07, 6.45) is 0.739. The van der Waals surface area contributed by atoms with Gasteiger partial charge in [0.05, 0.1) is 19.2 Å². The number of carbonyl (C=O) groups is 1. The van der Waals surface area contributed by atoms with Crippen LogP contribution in [0.5, 0.6) is 11.5 Å². The van der Waals surface area contributed by atoms with E-state index in [1.807, 2.05) is 35.2 Å². The number of nitrogens with one attached hydrogen (secondary N) is 2. The molecule has 2 aromatic rings. The summed E-state index contributed by atoms with van der Waals surface area (Å²) in [5, 5.41) is 10.5. The van der Waals surface area contributed by atoms with Crippen LogP contribution in [0.25, 0.3) is 0 Å². The van der Waals surface area contributed by atoms with E-state index < -0.39 is 6.04 Å². The maximum Gasteiger partial charge on any atom is 0.242 e. The first-order chi connectivity index (χ1) is 14.6. The van der Waals surface area contributed by atoms with E-state index in [9.17, 15) is 9.90 Å². The summed E-state index contributed by atoms with van der Waals surface area (Å²) >= 11 is 3.57. The van der Waals surface area contributed by atoms with Crippen LogP contribution < -0.4 is 15.6 Å². The third-order valence-electron chi connectivity index (χ3n) is 5.94. The second-order valence-electron chi connectivity index (χ2n) is 7.59. The second kappa shape index (κ2) is 8.93. The Bertz CT molecular complexity index is 925. The van der Waals surface area contributed by atoms with E-state index >= 15 is 0 Å². The van der Waals surface area contributed by atoms with Crippen LogP contribution in [-0.4, -0.2) is 49.3 Å². The molecule has 2 aliphatic heterocycles. The van der Waals surface area contributed by atoms with Crippen LogP contribution in [0.4, 0.5) is 0 Å². The number of carbonyl (C=O) groups excluding carboxylic acids is 1. The topological polar surface area (TPSA) is 83.1 Å². The zero-order chi connectivity index (χ0) is 21.3. The molecule has 0 aliphatic carbocycles. The SMILES string of the molecule is COCCCN1C(=O)C2NNC(c3ccccc3O)C2C1c1cc(Br)ccc1OC. The lowest BCUT2D eigenvalue weighted by Gasteiger charge is -2.32. The number of phenols is 1. The van der Waals surface area contributed by atoms with Crippen molar-refractivity contribution in [3.63, 3.8) is 0 Å². The summed E-state index contributed by atoms with van der Waals surface area (Å²) in [7, 11) is 3.30. The van der Waals surface area contributed by atoms with Crippen LogP contribution in [0.2, 0.25) is 0 Å². The zero-order valence-electron chi connectivity index (χ0n) is 17.0. The summed E-state index contributed by atoms with van der Waals surface area (Å²) in [5.74, 6) is 0.851. The summed E-state index contributed by atoms with van der Waals surface area (Å²) in [6.45, 7) is 1.16. The molecule has 2 aliphatic rings. The number of methoxy groups -OCH3 is 2. The van der Waals surface area contributed by atoms with Gasteiger partial charge >= 0.3 is 0 Å². The molecular formula is C22H26BrN3O4. The number of para-hydroxylation sites is 1. The van der Waals surface area contributed by atoms with Gasteiger partial charge in [0, 0.05) is 41.8 Å². The predicted octanol–water partition coefficient (Wildman–Crippen LogP) is 2.92. The Labute approximate surface area is 184 Å². The lowest BCUT2D eigenvalue weighted by Crippen LogP contribution is -2.41. The maximum atomic E-state index is 13.4. The van der Waals surface area contributed by atoms with Gasteiger partial charge in [-0.15, -0.1) is 0 Å². The molecule has 8 heteroatoms. The molecular weight excluding hydrogens is 450 g/mol. The number of hydrogen-bond acceptors (Lipinski definition) is 6. The molecule has 0 aromatic heterocycles. The fourth-order valence-corrected chi connectivity index (χ4v) is 5.03. The Morgan fingerprint density at radius 2 is 1.87 bits per heavy atom. The first kappa shape index (κ1) is 21.1. The van der Waals surface area contributed by atoms with Crippen LogP contribution in [0.3, 0.4) is 0 Å². The van der Waals surface area contributed by atoms with Gasteiger partial charge in [0.1, 0.15) is 17.5 Å². The molecule has 2 fully saturated rings. The third kappa shape index (κ3) is 3.69. The molecule has 0 saturated carbocycles. The molecule has 3 N–H and O–H groups in total. The normalized spacial score (nSPS) is 25.6. The van der Waals surface area contributed by atoms with Crippen LogP contribution >= 0.6 is 15.9 Å². The molecule has 1 amide bonds. The number of likely N-dealkylation sites (tertiary alicyclic amines) is 1. The van der Waals surface area contributed by atoms with Gasteiger partial charge < -0.3 is 19.5 Å². The maximum absolute atomic E-state index is 13.4. The minimum Gasteiger partial charge on any atom is -0.508 e. The van der Waals surface area contributed by atoms with Crippen molar-refractivity contribution in [2.45, 2.75) is 24.5 Å². The monoisotopic (exact) mass is 475 g/mol. The molecule has 2 aromatic carbocycles. The summed E-state index contributed by atoms with van der Waals surface area (Å²) in [6, 6.07) is 12.3. The van der Waals surface area contributed by atoms with Crippen molar-refractivity contribution in [2.24, 2.45) is 5.92 Å². The van der Waals surface area contributed by atoms with Gasteiger partial charge in [-0.3, -0.25) is 4.79 Å². The lowest BCUT2D eigenvalue weighted by molar-refractivity contribution is -0.131. The Kier molecular flexibility index (Phi) is 6.29. The van der Waals surface area contributed by atoms with Gasteiger partial charge in [-0.05, 0) is 30.7 Å². The highest BCUT2D eigenvalue weighted by atomic mass is 79.9. The van der Waals surface area contributed by atoms with Crippen molar-refractivity contribution in [3.8, 4) is 11.5 Å². The number of hydrogen-bond donors (Lipinski definition) is 3. The van der Waals surface area contributed by atoms with E-state index in [4.69, 9.17) is 9.47 Å².